The van der Waals surface area contributed by atoms with E-state index in [1.165, 1.54) is 23.1 Å². The maximum Gasteiger partial charge on any atom is 0.320 e. The Labute approximate surface area is 240 Å². The number of rotatable bonds is 11. The van der Waals surface area contributed by atoms with Crippen molar-refractivity contribution in [3.8, 4) is 5.75 Å². The van der Waals surface area contributed by atoms with Gasteiger partial charge in [0.05, 0.1) is 23.6 Å². The zero-order valence-electron chi connectivity index (χ0n) is 23.3. The molecular formula is C28H36N6O6S. The van der Waals surface area contributed by atoms with E-state index in [2.05, 4.69) is 0 Å². The van der Waals surface area contributed by atoms with E-state index in [9.17, 15) is 23.1 Å². The number of nitrogens with two attached hydrogens (primary N) is 1. The predicted molar refractivity (Wildman–Crippen MR) is 158 cm³/mol. The van der Waals surface area contributed by atoms with Crippen molar-refractivity contribution in [2.24, 2.45) is 5.73 Å². The van der Waals surface area contributed by atoms with Crippen LogP contribution in [-0.4, -0.2) is 92.5 Å². The average molecular weight is 585 g/mol. The van der Waals surface area contributed by atoms with E-state index >= 15 is 0 Å². The Bertz CT molecular complexity index is 1450. The second-order valence-corrected chi connectivity index (χ2v) is 11.8. The number of amides is 1. The Balaban J connectivity index is 1.95. The van der Waals surface area contributed by atoms with Crippen molar-refractivity contribution in [2.45, 2.75) is 25.9 Å². The molecular weight excluding hydrogens is 548 g/mol. The van der Waals surface area contributed by atoms with E-state index in [0.29, 0.717) is 48.6 Å². The Kier molecular flexibility index (Phi) is 10.1. The van der Waals surface area contributed by atoms with Gasteiger partial charge in [-0.15, -0.1) is 0 Å². The highest BCUT2D eigenvalue weighted by atomic mass is 32.2. The summed E-state index contributed by atoms with van der Waals surface area (Å²) in [5, 5.41) is 24.7. The SMILES string of the molecule is CC(=N)N1CCC(Oc2ccc(N(C/C=C/c3cccc(C(=N)N)c3)S(=O)(=O)CC(=O)O)cc2C(=O)N(C)C)CC1. The molecule has 1 aliphatic rings. The largest absolute Gasteiger partial charge is 0.489 e. The summed E-state index contributed by atoms with van der Waals surface area (Å²) in [6.45, 7) is 2.82. The van der Waals surface area contributed by atoms with Crippen molar-refractivity contribution in [1.29, 1.82) is 10.8 Å². The van der Waals surface area contributed by atoms with Gasteiger partial charge in [-0.1, -0.05) is 30.4 Å². The van der Waals surface area contributed by atoms with Crippen LogP contribution in [0.25, 0.3) is 6.08 Å². The van der Waals surface area contributed by atoms with Gasteiger partial charge in [0.15, 0.2) is 5.75 Å². The minimum Gasteiger partial charge on any atom is -0.489 e. The molecule has 1 saturated heterocycles. The quantitative estimate of drug-likeness (QED) is 0.229. The minimum atomic E-state index is -4.33. The van der Waals surface area contributed by atoms with Gasteiger partial charge in [-0.05, 0) is 36.8 Å². The van der Waals surface area contributed by atoms with E-state index in [-0.39, 0.29) is 29.7 Å². The first-order valence-corrected chi connectivity index (χ1v) is 14.5. The highest BCUT2D eigenvalue weighted by molar-refractivity contribution is 7.93. The number of nitrogen functional groups attached to an aromatic ring is 1. The molecule has 0 saturated carbocycles. The molecule has 41 heavy (non-hydrogen) atoms. The number of aliphatic carboxylic acids is 1. The van der Waals surface area contributed by atoms with Crippen LogP contribution in [0.3, 0.4) is 0 Å². The lowest BCUT2D eigenvalue weighted by molar-refractivity contribution is -0.134. The van der Waals surface area contributed by atoms with Crippen LogP contribution in [0, 0.1) is 10.8 Å². The molecule has 220 valence electrons. The number of amidine groups is 2. The van der Waals surface area contributed by atoms with Crippen LogP contribution in [0.4, 0.5) is 5.69 Å². The molecule has 2 aromatic carbocycles. The number of hydrogen-bond acceptors (Lipinski definition) is 7. The Morgan fingerprint density at radius 3 is 2.41 bits per heavy atom. The number of benzene rings is 2. The van der Waals surface area contributed by atoms with Gasteiger partial charge in [-0.25, -0.2) is 8.42 Å². The van der Waals surface area contributed by atoms with Crippen molar-refractivity contribution in [1.82, 2.24) is 9.80 Å². The molecule has 0 aliphatic carbocycles. The zero-order valence-corrected chi connectivity index (χ0v) is 24.1. The summed E-state index contributed by atoms with van der Waals surface area (Å²) in [7, 11) is -1.19. The highest BCUT2D eigenvalue weighted by Gasteiger charge is 2.28. The topological polar surface area (TPSA) is 181 Å². The number of likely N-dealkylation sites (tertiary alicyclic amines) is 1. The molecule has 0 atom stereocenters. The van der Waals surface area contributed by atoms with Gasteiger partial charge in [0.1, 0.15) is 17.7 Å². The van der Waals surface area contributed by atoms with Crippen molar-refractivity contribution in [3.05, 3.63) is 65.2 Å². The maximum absolute atomic E-state index is 13.1. The number of nitrogens with zero attached hydrogens (tertiary/aromatic N) is 3. The normalized spacial score (nSPS) is 14.1. The van der Waals surface area contributed by atoms with Crippen LogP contribution in [0.1, 0.15) is 41.3 Å². The van der Waals surface area contributed by atoms with Crippen LogP contribution < -0.4 is 14.8 Å². The summed E-state index contributed by atoms with van der Waals surface area (Å²) in [6.07, 6.45) is 4.31. The first-order valence-electron chi connectivity index (χ1n) is 12.9. The summed E-state index contributed by atoms with van der Waals surface area (Å²) < 4.78 is 33.4. The molecule has 1 heterocycles. The fourth-order valence-electron chi connectivity index (χ4n) is 4.38. The summed E-state index contributed by atoms with van der Waals surface area (Å²) in [6, 6.07) is 11.2. The van der Waals surface area contributed by atoms with E-state index in [0.717, 1.165) is 4.31 Å². The van der Waals surface area contributed by atoms with Gasteiger partial charge in [0.2, 0.25) is 10.0 Å². The summed E-state index contributed by atoms with van der Waals surface area (Å²) in [5.74, 6) is -2.38. The lowest BCUT2D eigenvalue weighted by atomic mass is 10.1. The third-order valence-corrected chi connectivity index (χ3v) is 8.16. The number of hydrogen-bond donors (Lipinski definition) is 4. The minimum absolute atomic E-state index is 0.110. The number of ether oxygens (including phenoxy) is 1. The molecule has 12 nitrogen and oxygen atoms in total. The third-order valence-electron chi connectivity index (χ3n) is 6.52. The molecule has 1 aliphatic heterocycles. The van der Waals surface area contributed by atoms with Crippen molar-refractivity contribution >= 4 is 45.3 Å². The van der Waals surface area contributed by atoms with Crippen molar-refractivity contribution in [3.63, 3.8) is 0 Å². The second-order valence-electron chi connectivity index (χ2n) is 9.89. The second kappa shape index (κ2) is 13.3. The molecule has 0 bridgehead atoms. The number of carboxylic acid groups (broad SMARTS) is 1. The Morgan fingerprint density at radius 1 is 1.15 bits per heavy atom. The average Bonchev–Trinajstić information content (AvgIpc) is 2.90. The smallest absolute Gasteiger partial charge is 0.320 e. The first kappa shape index (κ1) is 31.1. The molecule has 0 spiro atoms. The van der Waals surface area contributed by atoms with E-state index in [1.807, 2.05) is 4.90 Å². The van der Waals surface area contributed by atoms with Crippen LogP contribution in [-0.2, 0) is 14.8 Å². The van der Waals surface area contributed by atoms with Crippen LogP contribution in [0.2, 0.25) is 0 Å². The summed E-state index contributed by atoms with van der Waals surface area (Å²) in [5.41, 5.74) is 6.98. The molecule has 0 aromatic heterocycles. The number of anilines is 1. The predicted octanol–water partition coefficient (Wildman–Crippen LogP) is 2.45. The summed E-state index contributed by atoms with van der Waals surface area (Å²) in [4.78, 5) is 27.8. The number of carbonyl (C=O) groups is 2. The van der Waals surface area contributed by atoms with Crippen molar-refractivity contribution in [2.75, 3.05) is 43.8 Å². The number of sulfonamides is 1. The van der Waals surface area contributed by atoms with Crippen molar-refractivity contribution < 1.29 is 27.9 Å². The lowest BCUT2D eigenvalue weighted by Crippen LogP contribution is -2.40. The number of nitrogens with one attached hydrogen (secondary N) is 2. The molecule has 13 heteroatoms. The lowest BCUT2D eigenvalue weighted by Gasteiger charge is -2.33. The molecule has 0 unspecified atom stereocenters. The van der Waals surface area contributed by atoms with Gasteiger partial charge in [-0.3, -0.25) is 24.7 Å². The maximum atomic E-state index is 13.1. The molecule has 1 amide bonds. The fraction of sp³-hybridized carbons (Fsp3) is 0.357. The van der Waals surface area contributed by atoms with Gasteiger partial charge in [-0.2, -0.15) is 0 Å². The van der Waals surface area contributed by atoms with E-state index < -0.39 is 27.7 Å². The zero-order chi connectivity index (χ0) is 30.3. The fourth-order valence-corrected chi connectivity index (χ4v) is 5.60. The Hall–Kier alpha value is -4.39. The molecule has 5 N–H and O–H groups in total. The van der Waals surface area contributed by atoms with Crippen LogP contribution >= 0.6 is 0 Å². The molecule has 1 fully saturated rings. The molecule has 3 rings (SSSR count). The monoisotopic (exact) mass is 584 g/mol. The number of carboxylic acids is 1. The molecule has 2 aromatic rings. The van der Waals surface area contributed by atoms with E-state index in [4.69, 9.17) is 21.3 Å². The number of carbonyl (C=O) groups excluding carboxylic acids is 1. The van der Waals surface area contributed by atoms with Crippen LogP contribution in [0.15, 0.2) is 48.5 Å². The molecule has 0 radical (unpaired) electrons. The number of piperidine rings is 1. The summed E-state index contributed by atoms with van der Waals surface area (Å²) >= 11 is 0. The highest BCUT2D eigenvalue weighted by Crippen LogP contribution is 2.30. The van der Waals surface area contributed by atoms with Gasteiger partial charge < -0.3 is 25.4 Å². The van der Waals surface area contributed by atoms with Gasteiger partial charge >= 0.3 is 5.97 Å². The van der Waals surface area contributed by atoms with Gasteiger partial charge in [0.25, 0.3) is 5.91 Å². The first-order chi connectivity index (χ1) is 19.3. The van der Waals surface area contributed by atoms with Crippen LogP contribution in [0.5, 0.6) is 5.75 Å². The standard InChI is InChI=1S/C28H36N6O6S/c1-19(29)33-14-11-23(12-15-33)40-25-10-9-22(17-24(25)28(37)32(2)3)34(41(38,39)18-26(35)36)13-5-7-20-6-4-8-21(16-20)27(30)31/h4-10,16-17,23,29H,11-15,18H2,1-3H3,(H3,30,31)(H,35,36)/b7-5+,29-19?. The third kappa shape index (κ3) is 8.30. The Morgan fingerprint density at radius 2 is 1.83 bits per heavy atom. The van der Waals surface area contributed by atoms with E-state index in [1.54, 1.807) is 57.4 Å². The van der Waals surface area contributed by atoms with Gasteiger partial charge in [0, 0.05) is 45.6 Å².